The molecule has 0 saturated carbocycles. The Morgan fingerprint density at radius 3 is 2.56 bits per heavy atom. The average molecular weight is 220 g/mol. The van der Waals surface area contributed by atoms with E-state index in [1.165, 1.54) is 62.8 Å². The van der Waals surface area contributed by atoms with Crippen molar-refractivity contribution in [2.24, 2.45) is 0 Å². The molecule has 2 nitrogen and oxygen atoms in total. The number of aromatic nitrogens is 2. The summed E-state index contributed by atoms with van der Waals surface area (Å²) in [5, 5.41) is 7.84. The third-order valence-corrected chi connectivity index (χ3v) is 3.92. The highest BCUT2D eigenvalue weighted by atomic mass is 15.1. The van der Waals surface area contributed by atoms with Crippen molar-refractivity contribution in [2.75, 3.05) is 0 Å². The first kappa shape index (κ1) is 11.7. The van der Waals surface area contributed by atoms with Crippen LogP contribution in [0.25, 0.3) is 0 Å². The zero-order valence-corrected chi connectivity index (χ0v) is 10.7. The van der Waals surface area contributed by atoms with E-state index in [2.05, 4.69) is 24.0 Å². The lowest BCUT2D eigenvalue weighted by Crippen LogP contribution is -1.99. The first-order chi connectivity index (χ1) is 7.83. The maximum absolute atomic E-state index is 4.56. The lowest BCUT2D eigenvalue weighted by Gasteiger charge is -2.09. The fourth-order valence-electron chi connectivity index (χ4n) is 2.64. The topological polar surface area (TPSA) is 28.7 Å². The van der Waals surface area contributed by atoms with Gasteiger partial charge in [0.25, 0.3) is 0 Å². The highest BCUT2D eigenvalue weighted by Gasteiger charge is 2.17. The first-order valence-electron chi connectivity index (χ1n) is 6.89. The Bertz CT molecular complexity index is 327. The molecule has 2 heteroatoms. The smallest absolute Gasteiger partial charge is 0.0684 e. The minimum Gasteiger partial charge on any atom is -0.282 e. The molecule has 1 aliphatic rings. The van der Waals surface area contributed by atoms with E-state index in [1.807, 2.05) is 0 Å². The lowest BCUT2D eigenvalue weighted by atomic mass is 9.96. The molecule has 1 atom stereocenters. The van der Waals surface area contributed by atoms with Gasteiger partial charge >= 0.3 is 0 Å². The molecule has 0 radical (unpaired) electrons. The van der Waals surface area contributed by atoms with Crippen LogP contribution in [0, 0.1) is 0 Å². The van der Waals surface area contributed by atoms with Crippen LogP contribution in [0.4, 0.5) is 0 Å². The van der Waals surface area contributed by atoms with Gasteiger partial charge < -0.3 is 0 Å². The second-order valence-corrected chi connectivity index (χ2v) is 5.14. The molecular formula is C14H24N2. The molecule has 2 rings (SSSR count). The van der Waals surface area contributed by atoms with Gasteiger partial charge in [-0.25, -0.2) is 0 Å². The highest BCUT2D eigenvalue weighted by Crippen LogP contribution is 2.27. The van der Waals surface area contributed by atoms with Crippen molar-refractivity contribution >= 4 is 0 Å². The maximum Gasteiger partial charge on any atom is 0.0684 e. The summed E-state index contributed by atoms with van der Waals surface area (Å²) in [6, 6.07) is 0. The van der Waals surface area contributed by atoms with E-state index >= 15 is 0 Å². The normalized spacial score (nSPS) is 19.4. The monoisotopic (exact) mass is 220 g/mol. The third-order valence-electron chi connectivity index (χ3n) is 3.92. The summed E-state index contributed by atoms with van der Waals surface area (Å²) >= 11 is 0. The fraction of sp³-hybridized carbons (Fsp3) is 0.786. The summed E-state index contributed by atoms with van der Waals surface area (Å²) in [7, 11) is 0. The van der Waals surface area contributed by atoms with Gasteiger partial charge in [-0.2, -0.15) is 5.10 Å². The van der Waals surface area contributed by atoms with Crippen molar-refractivity contribution in [3.8, 4) is 0 Å². The number of fused-ring (bicyclic) bond motifs is 1. The molecule has 16 heavy (non-hydrogen) atoms. The van der Waals surface area contributed by atoms with E-state index in [0.717, 1.165) is 0 Å². The molecule has 0 saturated heterocycles. The van der Waals surface area contributed by atoms with Crippen molar-refractivity contribution in [1.82, 2.24) is 10.2 Å². The molecule has 1 aromatic heterocycles. The van der Waals surface area contributed by atoms with Crippen molar-refractivity contribution < 1.29 is 0 Å². The van der Waals surface area contributed by atoms with Crippen molar-refractivity contribution in [1.29, 1.82) is 0 Å². The van der Waals surface area contributed by atoms with Gasteiger partial charge in [0.15, 0.2) is 0 Å². The van der Waals surface area contributed by atoms with Gasteiger partial charge in [-0.1, -0.05) is 33.1 Å². The summed E-state index contributed by atoms with van der Waals surface area (Å²) in [5.41, 5.74) is 4.33. The fourth-order valence-corrected chi connectivity index (χ4v) is 2.64. The van der Waals surface area contributed by atoms with Crippen LogP contribution in [0.1, 0.15) is 75.2 Å². The number of aromatic amines is 1. The lowest BCUT2D eigenvalue weighted by molar-refractivity contribution is 0.620. The first-order valence-corrected chi connectivity index (χ1v) is 6.89. The van der Waals surface area contributed by atoms with Crippen LogP contribution >= 0.6 is 0 Å². The van der Waals surface area contributed by atoms with Crippen LogP contribution < -0.4 is 0 Å². The van der Waals surface area contributed by atoms with Crippen molar-refractivity contribution in [3.05, 3.63) is 17.0 Å². The molecule has 1 aliphatic carbocycles. The van der Waals surface area contributed by atoms with Gasteiger partial charge in [0.1, 0.15) is 0 Å². The average Bonchev–Trinajstić information content (AvgIpc) is 2.72. The summed E-state index contributed by atoms with van der Waals surface area (Å²) in [6.07, 6.45) is 10.5. The van der Waals surface area contributed by atoms with Crippen LogP contribution in [0.15, 0.2) is 0 Å². The molecule has 0 aromatic carbocycles. The van der Waals surface area contributed by atoms with E-state index in [1.54, 1.807) is 5.56 Å². The van der Waals surface area contributed by atoms with Crippen LogP contribution in [-0.4, -0.2) is 10.2 Å². The SMILES string of the molecule is CCC(C)c1n[nH]c2c1CCCCCCC2. The van der Waals surface area contributed by atoms with E-state index < -0.39 is 0 Å². The minimum absolute atomic E-state index is 0.612. The number of nitrogens with one attached hydrogen (secondary N) is 1. The maximum atomic E-state index is 4.56. The summed E-state index contributed by atoms with van der Waals surface area (Å²) in [5.74, 6) is 0.612. The van der Waals surface area contributed by atoms with Gasteiger partial charge in [0.05, 0.1) is 5.69 Å². The zero-order chi connectivity index (χ0) is 11.4. The molecule has 1 heterocycles. The number of hydrogen-bond acceptors (Lipinski definition) is 1. The van der Waals surface area contributed by atoms with Crippen LogP contribution in [0.3, 0.4) is 0 Å². The standard InChI is InChI=1S/C14H24N2/c1-3-11(2)14-12-9-7-5-4-6-8-10-13(12)15-16-14/h11H,3-10H2,1-2H3,(H,15,16). The zero-order valence-electron chi connectivity index (χ0n) is 10.7. The molecule has 0 amide bonds. The van der Waals surface area contributed by atoms with Gasteiger partial charge in [0.2, 0.25) is 0 Å². The molecule has 0 bridgehead atoms. The molecular weight excluding hydrogens is 196 g/mol. The second kappa shape index (κ2) is 5.51. The van der Waals surface area contributed by atoms with E-state index in [4.69, 9.17) is 0 Å². The van der Waals surface area contributed by atoms with Crippen molar-refractivity contribution in [2.45, 2.75) is 71.1 Å². The van der Waals surface area contributed by atoms with Crippen molar-refractivity contribution in [3.63, 3.8) is 0 Å². The Morgan fingerprint density at radius 2 is 1.81 bits per heavy atom. The largest absolute Gasteiger partial charge is 0.282 e. The van der Waals surface area contributed by atoms with Gasteiger partial charge in [-0.15, -0.1) is 0 Å². The van der Waals surface area contributed by atoms with E-state index in [9.17, 15) is 0 Å². The Balaban J connectivity index is 2.22. The Hall–Kier alpha value is -0.790. The predicted molar refractivity (Wildman–Crippen MR) is 67.8 cm³/mol. The minimum atomic E-state index is 0.612. The Kier molecular flexibility index (Phi) is 4.03. The Morgan fingerprint density at radius 1 is 1.12 bits per heavy atom. The van der Waals surface area contributed by atoms with E-state index in [0.29, 0.717) is 5.92 Å². The highest BCUT2D eigenvalue weighted by molar-refractivity contribution is 5.28. The van der Waals surface area contributed by atoms with Gasteiger partial charge in [-0.3, -0.25) is 5.10 Å². The predicted octanol–water partition coefficient (Wildman–Crippen LogP) is 3.97. The summed E-state index contributed by atoms with van der Waals surface area (Å²) in [6.45, 7) is 4.55. The molecule has 1 aromatic rings. The van der Waals surface area contributed by atoms with E-state index in [-0.39, 0.29) is 0 Å². The van der Waals surface area contributed by atoms with Crippen LogP contribution in [0.5, 0.6) is 0 Å². The molecule has 1 unspecified atom stereocenters. The second-order valence-electron chi connectivity index (χ2n) is 5.14. The van der Waals surface area contributed by atoms with Crippen LogP contribution in [0.2, 0.25) is 0 Å². The molecule has 0 aliphatic heterocycles. The quantitative estimate of drug-likeness (QED) is 0.802. The number of rotatable bonds is 2. The molecule has 1 N–H and O–H groups in total. The number of nitrogens with zero attached hydrogens (tertiary/aromatic N) is 1. The van der Waals surface area contributed by atoms with Crippen LogP contribution in [-0.2, 0) is 12.8 Å². The summed E-state index contributed by atoms with van der Waals surface area (Å²) < 4.78 is 0. The van der Waals surface area contributed by atoms with Gasteiger partial charge in [-0.05, 0) is 37.7 Å². The third kappa shape index (κ3) is 2.47. The Labute approximate surface area is 98.8 Å². The summed E-state index contributed by atoms with van der Waals surface area (Å²) in [4.78, 5) is 0. The molecule has 0 spiro atoms. The molecule has 0 fully saturated rings. The van der Waals surface area contributed by atoms with Gasteiger partial charge in [0, 0.05) is 11.6 Å². The number of aryl methyl sites for hydroxylation is 1. The number of hydrogen-bond donors (Lipinski definition) is 1. The molecule has 90 valence electrons. The number of H-pyrrole nitrogens is 1.